The highest BCUT2D eigenvalue weighted by molar-refractivity contribution is 5.48. The van der Waals surface area contributed by atoms with Gasteiger partial charge in [-0.3, -0.25) is 5.32 Å². The lowest BCUT2D eigenvalue weighted by Crippen LogP contribution is -2.34. The Morgan fingerprint density at radius 3 is 2.64 bits per heavy atom. The molecule has 0 spiro atoms. The third kappa shape index (κ3) is 1.75. The molecule has 14 heavy (non-hydrogen) atoms. The highest BCUT2D eigenvalue weighted by atomic mass is 15.3. The van der Waals surface area contributed by atoms with Crippen LogP contribution >= 0.6 is 0 Å². The molecule has 1 heterocycles. The molecule has 1 fully saturated rings. The fourth-order valence-corrected chi connectivity index (χ4v) is 2.06. The lowest BCUT2D eigenvalue weighted by molar-refractivity contribution is 0.511. The van der Waals surface area contributed by atoms with Crippen LogP contribution in [0, 0.1) is 5.92 Å². The molecule has 76 valence electrons. The molecule has 0 saturated carbocycles. The van der Waals surface area contributed by atoms with Crippen LogP contribution in [0.2, 0.25) is 0 Å². The molecule has 0 radical (unpaired) electrons. The summed E-state index contributed by atoms with van der Waals surface area (Å²) < 4.78 is 0. The average Bonchev–Trinajstić information content (AvgIpc) is 2.67. The Morgan fingerprint density at radius 2 is 2.00 bits per heavy atom. The summed E-state index contributed by atoms with van der Waals surface area (Å²) in [5, 5.41) is 3.43. The Kier molecular flexibility index (Phi) is 2.73. The molecule has 1 unspecified atom stereocenters. The second-order valence-electron chi connectivity index (χ2n) is 4.23. The molecule has 2 nitrogen and oxygen atoms in total. The number of benzene rings is 1. The van der Waals surface area contributed by atoms with Crippen molar-refractivity contribution >= 4 is 5.69 Å². The minimum absolute atomic E-state index is 0.636. The topological polar surface area (TPSA) is 15.3 Å². The predicted molar refractivity (Wildman–Crippen MR) is 60.4 cm³/mol. The lowest BCUT2D eigenvalue weighted by Gasteiger charge is -2.28. The molecule has 1 aliphatic rings. The van der Waals surface area contributed by atoms with Gasteiger partial charge in [-0.25, -0.2) is 0 Å². The highest BCUT2D eigenvalue weighted by Gasteiger charge is 2.26. The standard InChI is InChI=1S/C12H18N2/c1-10(2)12-8-13-9-14(12)11-6-4-3-5-7-11/h3-7,10,12-13H,8-9H2,1-2H3. The summed E-state index contributed by atoms with van der Waals surface area (Å²) in [7, 11) is 0. The smallest absolute Gasteiger partial charge is 0.0686 e. The molecule has 1 saturated heterocycles. The van der Waals surface area contributed by atoms with Gasteiger partial charge in [0.2, 0.25) is 0 Å². The predicted octanol–water partition coefficient (Wildman–Crippen LogP) is 2.08. The van der Waals surface area contributed by atoms with Crippen LogP contribution in [0.5, 0.6) is 0 Å². The third-order valence-electron chi connectivity index (χ3n) is 2.89. The molecule has 1 aromatic carbocycles. The monoisotopic (exact) mass is 190 g/mol. The number of hydrogen-bond acceptors (Lipinski definition) is 2. The van der Waals surface area contributed by atoms with Crippen LogP contribution in [-0.2, 0) is 0 Å². The molecule has 1 aromatic rings. The number of para-hydroxylation sites is 1. The zero-order valence-electron chi connectivity index (χ0n) is 8.90. The maximum atomic E-state index is 3.43. The van der Waals surface area contributed by atoms with Gasteiger partial charge in [0.15, 0.2) is 0 Å². The van der Waals surface area contributed by atoms with Crippen molar-refractivity contribution in [1.29, 1.82) is 0 Å². The Balaban J connectivity index is 2.18. The van der Waals surface area contributed by atoms with Crippen LogP contribution < -0.4 is 10.2 Å². The normalized spacial score (nSPS) is 21.9. The fraction of sp³-hybridized carbons (Fsp3) is 0.500. The van der Waals surface area contributed by atoms with E-state index in [9.17, 15) is 0 Å². The van der Waals surface area contributed by atoms with Crippen molar-refractivity contribution in [3.05, 3.63) is 30.3 Å². The Hall–Kier alpha value is -1.02. The van der Waals surface area contributed by atoms with E-state index in [2.05, 4.69) is 54.4 Å². The largest absolute Gasteiger partial charge is 0.354 e. The summed E-state index contributed by atoms with van der Waals surface area (Å²) in [6.45, 7) is 6.65. The summed E-state index contributed by atoms with van der Waals surface area (Å²) in [6, 6.07) is 11.3. The second-order valence-corrected chi connectivity index (χ2v) is 4.23. The number of hydrogen-bond donors (Lipinski definition) is 1. The molecular formula is C12H18N2. The number of nitrogens with zero attached hydrogens (tertiary/aromatic N) is 1. The van der Waals surface area contributed by atoms with Gasteiger partial charge in [-0.1, -0.05) is 32.0 Å². The number of nitrogens with one attached hydrogen (secondary N) is 1. The van der Waals surface area contributed by atoms with Crippen LogP contribution in [0.15, 0.2) is 30.3 Å². The van der Waals surface area contributed by atoms with Crippen molar-refractivity contribution in [2.75, 3.05) is 18.1 Å². The summed E-state index contributed by atoms with van der Waals surface area (Å²) in [5.74, 6) is 0.699. The van der Waals surface area contributed by atoms with E-state index in [1.165, 1.54) is 5.69 Å². The summed E-state index contributed by atoms with van der Waals surface area (Å²) in [4.78, 5) is 2.45. The van der Waals surface area contributed by atoms with Crippen molar-refractivity contribution in [1.82, 2.24) is 5.32 Å². The van der Waals surface area contributed by atoms with E-state index in [1.807, 2.05) is 0 Å². The summed E-state index contributed by atoms with van der Waals surface area (Å²) >= 11 is 0. The van der Waals surface area contributed by atoms with Crippen LogP contribution in [0.3, 0.4) is 0 Å². The Bertz CT molecular complexity index is 282. The van der Waals surface area contributed by atoms with Gasteiger partial charge >= 0.3 is 0 Å². The number of rotatable bonds is 2. The van der Waals surface area contributed by atoms with Gasteiger partial charge in [0.1, 0.15) is 0 Å². The van der Waals surface area contributed by atoms with E-state index >= 15 is 0 Å². The molecule has 0 aromatic heterocycles. The summed E-state index contributed by atoms with van der Waals surface area (Å²) in [6.07, 6.45) is 0. The Labute approximate surface area is 85.9 Å². The van der Waals surface area contributed by atoms with Crippen molar-refractivity contribution in [2.45, 2.75) is 19.9 Å². The highest BCUT2D eigenvalue weighted by Crippen LogP contribution is 2.22. The average molecular weight is 190 g/mol. The molecule has 0 amide bonds. The van der Waals surface area contributed by atoms with Crippen LogP contribution in [-0.4, -0.2) is 19.3 Å². The van der Waals surface area contributed by atoms with E-state index in [4.69, 9.17) is 0 Å². The minimum atomic E-state index is 0.636. The van der Waals surface area contributed by atoms with E-state index in [1.54, 1.807) is 0 Å². The maximum absolute atomic E-state index is 3.43. The van der Waals surface area contributed by atoms with E-state index in [-0.39, 0.29) is 0 Å². The van der Waals surface area contributed by atoms with E-state index < -0.39 is 0 Å². The van der Waals surface area contributed by atoms with Gasteiger partial charge in [-0.05, 0) is 18.1 Å². The van der Waals surface area contributed by atoms with Gasteiger partial charge in [0.05, 0.1) is 6.67 Å². The maximum Gasteiger partial charge on any atom is 0.0686 e. The lowest BCUT2D eigenvalue weighted by atomic mass is 10.0. The minimum Gasteiger partial charge on any atom is -0.354 e. The second kappa shape index (κ2) is 4.01. The van der Waals surface area contributed by atoms with Crippen LogP contribution in [0.25, 0.3) is 0 Å². The SMILES string of the molecule is CC(C)C1CNCN1c1ccccc1. The first-order chi connectivity index (χ1) is 6.79. The van der Waals surface area contributed by atoms with E-state index in [0.717, 1.165) is 13.2 Å². The van der Waals surface area contributed by atoms with Gasteiger partial charge in [0, 0.05) is 18.3 Å². The van der Waals surface area contributed by atoms with Gasteiger partial charge in [-0.15, -0.1) is 0 Å². The van der Waals surface area contributed by atoms with E-state index in [0.29, 0.717) is 12.0 Å². The third-order valence-corrected chi connectivity index (χ3v) is 2.89. The Morgan fingerprint density at radius 1 is 1.29 bits per heavy atom. The fourth-order valence-electron chi connectivity index (χ4n) is 2.06. The molecule has 0 bridgehead atoms. The molecule has 2 rings (SSSR count). The van der Waals surface area contributed by atoms with Gasteiger partial charge < -0.3 is 4.90 Å². The van der Waals surface area contributed by atoms with Gasteiger partial charge in [0.25, 0.3) is 0 Å². The molecule has 2 heteroatoms. The quantitative estimate of drug-likeness (QED) is 0.768. The zero-order valence-corrected chi connectivity index (χ0v) is 8.90. The van der Waals surface area contributed by atoms with Crippen LogP contribution in [0.1, 0.15) is 13.8 Å². The number of anilines is 1. The first-order valence-electron chi connectivity index (χ1n) is 5.31. The van der Waals surface area contributed by atoms with Crippen molar-refractivity contribution in [3.8, 4) is 0 Å². The summed E-state index contributed by atoms with van der Waals surface area (Å²) in [5.41, 5.74) is 1.33. The molecular weight excluding hydrogens is 172 g/mol. The first kappa shape index (κ1) is 9.53. The van der Waals surface area contributed by atoms with Crippen LogP contribution in [0.4, 0.5) is 5.69 Å². The van der Waals surface area contributed by atoms with Crippen molar-refractivity contribution < 1.29 is 0 Å². The molecule has 1 N–H and O–H groups in total. The van der Waals surface area contributed by atoms with Crippen molar-refractivity contribution in [3.63, 3.8) is 0 Å². The molecule has 0 aliphatic carbocycles. The van der Waals surface area contributed by atoms with Crippen molar-refractivity contribution in [2.24, 2.45) is 5.92 Å². The van der Waals surface area contributed by atoms with Gasteiger partial charge in [-0.2, -0.15) is 0 Å². The molecule has 1 atom stereocenters. The first-order valence-corrected chi connectivity index (χ1v) is 5.31. The molecule has 1 aliphatic heterocycles. The zero-order chi connectivity index (χ0) is 9.97.